The van der Waals surface area contributed by atoms with Crippen LogP contribution in [-0.4, -0.2) is 9.97 Å². The van der Waals surface area contributed by atoms with Crippen LogP contribution < -0.4 is 0 Å². The quantitative estimate of drug-likeness (QED) is 0.168. The van der Waals surface area contributed by atoms with Crippen LogP contribution in [0.4, 0.5) is 0 Å². The van der Waals surface area contributed by atoms with Crippen LogP contribution in [0.15, 0.2) is 182 Å². The Bertz CT molecular complexity index is 3020. The molecule has 8 aromatic carbocycles. The summed E-state index contributed by atoms with van der Waals surface area (Å²) in [5, 5.41) is 17.2. The molecule has 10 aromatic rings. The minimum atomic E-state index is 0.0727. The number of aromatic nitrogens is 2. The first kappa shape index (κ1) is 31.1. The van der Waals surface area contributed by atoms with Crippen molar-refractivity contribution in [1.82, 2.24) is 9.97 Å². The zero-order valence-corrected chi connectivity index (χ0v) is 29.7. The highest BCUT2D eigenvalue weighted by Gasteiger charge is 2.30. The van der Waals surface area contributed by atoms with Gasteiger partial charge in [0.1, 0.15) is 0 Å². The first-order chi connectivity index (χ1) is 27.2. The van der Waals surface area contributed by atoms with Gasteiger partial charge in [-0.2, -0.15) is 5.26 Å². The third-order valence-corrected chi connectivity index (χ3v) is 11.3. The Balaban J connectivity index is 1.03. The number of nitriles is 1. The summed E-state index contributed by atoms with van der Waals surface area (Å²) in [6.45, 7) is 0. The number of rotatable bonds is 5. The molecule has 1 unspecified atom stereocenters. The second-order valence-corrected chi connectivity index (χ2v) is 14.5. The zero-order valence-electron chi connectivity index (χ0n) is 29.7. The van der Waals surface area contributed by atoms with Crippen LogP contribution in [0.5, 0.6) is 0 Å². The second kappa shape index (κ2) is 12.3. The van der Waals surface area contributed by atoms with Gasteiger partial charge in [0.05, 0.1) is 23.0 Å². The summed E-state index contributed by atoms with van der Waals surface area (Å²) in [5.41, 5.74) is 15.5. The van der Waals surface area contributed by atoms with Crippen molar-refractivity contribution in [3.05, 3.63) is 205 Å². The van der Waals surface area contributed by atoms with Crippen molar-refractivity contribution < 1.29 is 0 Å². The average Bonchev–Trinajstić information content (AvgIpc) is 3.58. The van der Waals surface area contributed by atoms with E-state index in [1.165, 1.54) is 71.3 Å². The largest absolute Gasteiger partial charge is 0.256 e. The van der Waals surface area contributed by atoms with Crippen LogP contribution in [0.25, 0.3) is 88.2 Å². The van der Waals surface area contributed by atoms with E-state index >= 15 is 0 Å². The molecule has 3 heteroatoms. The molecule has 2 heterocycles. The van der Waals surface area contributed by atoms with Gasteiger partial charge in [0, 0.05) is 29.4 Å². The molecule has 0 radical (unpaired) electrons. The average molecular weight is 698 g/mol. The number of nitrogens with zero attached hydrogens (tertiary/aromatic N) is 3. The van der Waals surface area contributed by atoms with Crippen LogP contribution in [0, 0.1) is 11.3 Å². The lowest BCUT2D eigenvalue weighted by Crippen LogP contribution is -1.99. The van der Waals surface area contributed by atoms with Gasteiger partial charge in [-0.15, -0.1) is 0 Å². The summed E-state index contributed by atoms with van der Waals surface area (Å²) >= 11 is 0. The maximum atomic E-state index is 9.75. The molecule has 2 aromatic heterocycles. The normalized spacial score (nSPS) is 13.3. The standard InChI is InChI=1S/C52H31N3/c53-31-32-12-18-44-45-19-17-34(30-47(45)52(46(44)22-32)33-8-2-1-3-9-33)39-23-35-13-15-37-25-40(26-38-16-14-36(24-39)50(35)51(37)38)41-27-42(48-10-4-6-20-54-48)29-43(28-41)49-11-5-7-21-55-49/h1-30,52H. The van der Waals surface area contributed by atoms with Gasteiger partial charge in [-0.25, -0.2) is 0 Å². The summed E-state index contributed by atoms with van der Waals surface area (Å²) in [7, 11) is 0. The molecule has 11 rings (SSSR count). The van der Waals surface area contributed by atoms with E-state index < -0.39 is 0 Å². The molecule has 55 heavy (non-hydrogen) atoms. The maximum absolute atomic E-state index is 9.75. The molecule has 0 amide bonds. The molecule has 0 aliphatic heterocycles. The Hall–Kier alpha value is -7.41. The van der Waals surface area contributed by atoms with Crippen molar-refractivity contribution in [1.29, 1.82) is 5.26 Å². The van der Waals surface area contributed by atoms with E-state index in [-0.39, 0.29) is 5.92 Å². The fourth-order valence-corrected chi connectivity index (χ4v) is 8.84. The molecular formula is C52H31N3. The van der Waals surface area contributed by atoms with E-state index in [4.69, 9.17) is 0 Å². The predicted octanol–water partition coefficient (Wildman–Crippen LogP) is 13.1. The Labute approximate surface area is 318 Å². The SMILES string of the molecule is N#Cc1ccc2c(c1)C(c1ccccc1)c1cc(-c3cc4ccc5cc(-c6cc(-c7ccccn7)cc(-c7ccccn7)c6)cc6ccc(c3)c4c56)ccc1-2. The first-order valence-electron chi connectivity index (χ1n) is 18.6. The fourth-order valence-electron chi connectivity index (χ4n) is 8.84. The Morgan fingerprint density at radius 2 is 0.891 bits per heavy atom. The lowest BCUT2D eigenvalue weighted by molar-refractivity contribution is 1.01. The number of benzene rings is 8. The molecule has 0 saturated carbocycles. The molecule has 0 fully saturated rings. The van der Waals surface area contributed by atoms with Gasteiger partial charge in [0.15, 0.2) is 0 Å². The smallest absolute Gasteiger partial charge is 0.0991 e. The molecule has 0 bridgehead atoms. The molecule has 0 N–H and O–H groups in total. The molecule has 254 valence electrons. The Morgan fingerprint density at radius 1 is 0.400 bits per heavy atom. The summed E-state index contributed by atoms with van der Waals surface area (Å²) < 4.78 is 0. The van der Waals surface area contributed by atoms with Crippen LogP contribution in [0.2, 0.25) is 0 Å². The van der Waals surface area contributed by atoms with Gasteiger partial charge in [-0.1, -0.05) is 84.9 Å². The molecule has 0 saturated heterocycles. The molecule has 3 nitrogen and oxygen atoms in total. The van der Waals surface area contributed by atoms with Gasteiger partial charge in [-0.3, -0.25) is 9.97 Å². The summed E-state index contributed by atoms with van der Waals surface area (Å²) in [5.74, 6) is 0.0727. The molecule has 1 aliphatic carbocycles. The van der Waals surface area contributed by atoms with Crippen molar-refractivity contribution in [2.75, 3.05) is 0 Å². The lowest BCUT2D eigenvalue weighted by Gasteiger charge is -2.17. The zero-order chi connectivity index (χ0) is 36.5. The molecule has 1 aliphatic rings. The van der Waals surface area contributed by atoms with E-state index in [1.807, 2.05) is 42.7 Å². The lowest BCUT2D eigenvalue weighted by atomic mass is 9.86. The van der Waals surface area contributed by atoms with Crippen LogP contribution in [0.1, 0.15) is 28.2 Å². The van der Waals surface area contributed by atoms with Crippen molar-refractivity contribution in [2.24, 2.45) is 0 Å². The van der Waals surface area contributed by atoms with E-state index in [0.717, 1.165) is 33.6 Å². The van der Waals surface area contributed by atoms with Crippen molar-refractivity contribution >= 4 is 32.3 Å². The van der Waals surface area contributed by atoms with Gasteiger partial charge in [0.2, 0.25) is 0 Å². The molecule has 0 spiro atoms. The van der Waals surface area contributed by atoms with E-state index in [2.05, 4.69) is 156 Å². The van der Waals surface area contributed by atoms with Gasteiger partial charge in [-0.05, 0) is 167 Å². The Morgan fingerprint density at radius 3 is 1.44 bits per heavy atom. The van der Waals surface area contributed by atoms with Gasteiger partial charge >= 0.3 is 0 Å². The minimum absolute atomic E-state index is 0.0727. The second-order valence-electron chi connectivity index (χ2n) is 14.5. The summed E-state index contributed by atoms with van der Waals surface area (Å²) in [6, 6.07) is 63.3. The van der Waals surface area contributed by atoms with Crippen LogP contribution >= 0.6 is 0 Å². The first-order valence-corrected chi connectivity index (χ1v) is 18.6. The number of pyridine rings is 2. The van der Waals surface area contributed by atoms with Crippen LogP contribution in [0.3, 0.4) is 0 Å². The van der Waals surface area contributed by atoms with Crippen molar-refractivity contribution in [3.63, 3.8) is 0 Å². The molecule has 1 atom stereocenters. The highest BCUT2D eigenvalue weighted by Crippen LogP contribution is 2.50. The molecular weight excluding hydrogens is 667 g/mol. The van der Waals surface area contributed by atoms with E-state index in [0.29, 0.717) is 5.56 Å². The number of hydrogen-bond acceptors (Lipinski definition) is 3. The van der Waals surface area contributed by atoms with Gasteiger partial charge < -0.3 is 0 Å². The van der Waals surface area contributed by atoms with Crippen molar-refractivity contribution in [3.8, 4) is 62.0 Å². The number of hydrogen-bond donors (Lipinski definition) is 0. The van der Waals surface area contributed by atoms with Gasteiger partial charge in [0.25, 0.3) is 0 Å². The number of fused-ring (bicyclic) bond motifs is 3. The van der Waals surface area contributed by atoms with E-state index in [9.17, 15) is 5.26 Å². The fraction of sp³-hybridized carbons (Fsp3) is 0.0192. The van der Waals surface area contributed by atoms with E-state index in [1.54, 1.807) is 0 Å². The Kier molecular flexibility index (Phi) is 6.99. The third kappa shape index (κ3) is 5.11. The summed E-state index contributed by atoms with van der Waals surface area (Å²) in [6.07, 6.45) is 3.69. The third-order valence-electron chi connectivity index (χ3n) is 11.3. The predicted molar refractivity (Wildman–Crippen MR) is 225 cm³/mol. The highest BCUT2D eigenvalue weighted by atomic mass is 14.7. The van der Waals surface area contributed by atoms with Crippen LogP contribution in [-0.2, 0) is 0 Å². The van der Waals surface area contributed by atoms with Crippen molar-refractivity contribution in [2.45, 2.75) is 5.92 Å². The topological polar surface area (TPSA) is 49.6 Å². The highest BCUT2D eigenvalue weighted by molar-refractivity contribution is 6.24. The minimum Gasteiger partial charge on any atom is -0.256 e. The monoisotopic (exact) mass is 697 g/mol. The maximum Gasteiger partial charge on any atom is 0.0991 e. The summed E-state index contributed by atoms with van der Waals surface area (Å²) in [4.78, 5) is 9.36.